The van der Waals surface area contributed by atoms with Gasteiger partial charge in [0.25, 0.3) is 0 Å². The van der Waals surface area contributed by atoms with Crippen LogP contribution < -0.4 is 4.74 Å². The third-order valence-corrected chi connectivity index (χ3v) is 8.37. The Morgan fingerprint density at radius 3 is 1.85 bits per heavy atom. The Hall–Kier alpha value is -2.33. The van der Waals surface area contributed by atoms with Crippen molar-refractivity contribution in [3.8, 4) is 5.75 Å². The number of likely N-dealkylation sites (N-methyl/N-ethyl adjacent to an activating group) is 1. The first kappa shape index (κ1) is 34.9. The monoisotopic (exact) mass is 566 g/mol. The summed E-state index contributed by atoms with van der Waals surface area (Å²) in [5.74, 6) is 0.797. The summed E-state index contributed by atoms with van der Waals surface area (Å²) in [7, 11) is 4.23. The molecule has 4 nitrogen and oxygen atoms in total. The van der Waals surface area contributed by atoms with Crippen molar-refractivity contribution in [3.05, 3.63) is 65.7 Å². The number of para-hydroxylation sites is 1. The van der Waals surface area contributed by atoms with Gasteiger partial charge in [-0.25, -0.2) is 4.79 Å². The van der Waals surface area contributed by atoms with Gasteiger partial charge in [0.2, 0.25) is 0 Å². The van der Waals surface area contributed by atoms with E-state index in [1.807, 2.05) is 24.3 Å². The maximum Gasteiger partial charge on any atom is 0.365 e. The molecule has 0 heterocycles. The molecule has 0 bridgehead atoms. The molecule has 2 atom stereocenters. The molecule has 2 aromatic carbocycles. The van der Waals surface area contributed by atoms with Crippen molar-refractivity contribution in [2.45, 2.75) is 136 Å². The van der Waals surface area contributed by atoms with Crippen LogP contribution in [-0.4, -0.2) is 43.3 Å². The summed E-state index contributed by atoms with van der Waals surface area (Å²) in [5, 5.41) is 0. The molecular formula is C37H60NO3+. The van der Waals surface area contributed by atoms with E-state index >= 15 is 0 Å². The van der Waals surface area contributed by atoms with E-state index in [9.17, 15) is 4.79 Å². The minimum atomic E-state index is -0.217. The SMILES string of the molecule is CCCCCCCCCCCCCCc1ccccc1OC(CC)COC(=O)C(CC)[N+](C)(C)Cc1ccccc1. The molecule has 0 saturated heterocycles. The van der Waals surface area contributed by atoms with Gasteiger partial charge in [-0.3, -0.25) is 0 Å². The van der Waals surface area contributed by atoms with Crippen molar-refractivity contribution >= 4 is 5.97 Å². The molecule has 0 radical (unpaired) electrons. The van der Waals surface area contributed by atoms with E-state index in [-0.39, 0.29) is 24.7 Å². The van der Waals surface area contributed by atoms with Crippen LogP contribution in [0.1, 0.15) is 122 Å². The number of rotatable bonds is 23. The Labute approximate surface area is 252 Å². The fraction of sp³-hybridized carbons (Fsp3) is 0.649. The molecule has 0 aliphatic heterocycles. The number of esters is 1. The van der Waals surface area contributed by atoms with Gasteiger partial charge < -0.3 is 14.0 Å². The van der Waals surface area contributed by atoms with Crippen LogP contribution in [0, 0.1) is 0 Å². The van der Waals surface area contributed by atoms with E-state index in [4.69, 9.17) is 9.47 Å². The molecule has 4 heteroatoms. The number of nitrogens with zero attached hydrogens (tertiary/aromatic N) is 1. The average Bonchev–Trinajstić information content (AvgIpc) is 2.97. The van der Waals surface area contributed by atoms with Gasteiger partial charge in [-0.15, -0.1) is 0 Å². The topological polar surface area (TPSA) is 35.5 Å². The highest BCUT2D eigenvalue weighted by Gasteiger charge is 2.35. The van der Waals surface area contributed by atoms with Gasteiger partial charge in [-0.1, -0.05) is 140 Å². The van der Waals surface area contributed by atoms with Gasteiger partial charge in [0.05, 0.1) is 14.1 Å². The summed E-state index contributed by atoms with van der Waals surface area (Å²) < 4.78 is 12.9. The number of quaternary nitrogens is 1. The summed E-state index contributed by atoms with van der Waals surface area (Å²) in [5.41, 5.74) is 2.49. The summed E-state index contributed by atoms with van der Waals surface area (Å²) in [6.07, 6.45) is 18.7. The van der Waals surface area contributed by atoms with Crippen LogP contribution in [-0.2, 0) is 22.5 Å². The molecule has 0 spiro atoms. The van der Waals surface area contributed by atoms with E-state index in [0.717, 1.165) is 31.6 Å². The highest BCUT2D eigenvalue weighted by Crippen LogP contribution is 2.24. The van der Waals surface area contributed by atoms with Crippen molar-refractivity contribution in [1.29, 1.82) is 0 Å². The number of benzene rings is 2. The van der Waals surface area contributed by atoms with E-state index in [2.05, 4.69) is 65.2 Å². The van der Waals surface area contributed by atoms with Crippen molar-refractivity contribution in [1.82, 2.24) is 0 Å². The van der Waals surface area contributed by atoms with Gasteiger partial charge in [0, 0.05) is 12.0 Å². The fourth-order valence-corrected chi connectivity index (χ4v) is 5.78. The smallest absolute Gasteiger partial charge is 0.365 e. The maximum absolute atomic E-state index is 13.2. The molecule has 0 saturated carbocycles. The predicted octanol–water partition coefficient (Wildman–Crippen LogP) is 9.69. The molecule has 230 valence electrons. The second-order valence-corrected chi connectivity index (χ2v) is 12.4. The van der Waals surface area contributed by atoms with Crippen molar-refractivity contribution < 1.29 is 18.8 Å². The van der Waals surface area contributed by atoms with Crippen LogP contribution >= 0.6 is 0 Å². The number of carbonyl (C=O) groups excluding carboxylic acids is 1. The second-order valence-electron chi connectivity index (χ2n) is 12.4. The fourth-order valence-electron chi connectivity index (χ4n) is 5.78. The number of ether oxygens (including phenoxy) is 2. The Balaban J connectivity index is 1.75. The highest BCUT2D eigenvalue weighted by atomic mass is 16.6. The van der Waals surface area contributed by atoms with Crippen LogP contribution in [0.15, 0.2) is 54.6 Å². The lowest BCUT2D eigenvalue weighted by Gasteiger charge is -2.36. The number of carbonyl (C=O) groups is 1. The third-order valence-electron chi connectivity index (χ3n) is 8.37. The van der Waals surface area contributed by atoms with Crippen LogP contribution in [0.25, 0.3) is 0 Å². The van der Waals surface area contributed by atoms with Gasteiger partial charge in [0.1, 0.15) is 25.0 Å². The van der Waals surface area contributed by atoms with E-state index < -0.39 is 0 Å². The second kappa shape index (κ2) is 20.5. The third kappa shape index (κ3) is 13.9. The number of unbranched alkanes of at least 4 members (excludes halogenated alkanes) is 11. The largest absolute Gasteiger partial charge is 0.487 e. The first-order chi connectivity index (χ1) is 19.9. The molecule has 2 rings (SSSR count). The van der Waals surface area contributed by atoms with E-state index in [1.54, 1.807) is 0 Å². The van der Waals surface area contributed by atoms with Crippen molar-refractivity contribution in [3.63, 3.8) is 0 Å². The molecule has 0 aliphatic carbocycles. The molecule has 2 unspecified atom stereocenters. The Morgan fingerprint density at radius 2 is 1.27 bits per heavy atom. The van der Waals surface area contributed by atoms with Gasteiger partial charge >= 0.3 is 5.97 Å². The van der Waals surface area contributed by atoms with Crippen LogP contribution in [0.2, 0.25) is 0 Å². The first-order valence-electron chi connectivity index (χ1n) is 16.7. The quantitative estimate of drug-likeness (QED) is 0.0763. The molecule has 41 heavy (non-hydrogen) atoms. The molecule has 0 aliphatic rings. The van der Waals surface area contributed by atoms with E-state index in [1.165, 1.54) is 88.2 Å². The molecule has 0 fully saturated rings. The standard InChI is InChI=1S/C37H60NO3/c1-6-9-10-11-12-13-14-15-16-17-18-22-27-33-28-23-24-29-36(33)41-34(7-2)31-40-37(39)35(8-3)38(4,5)30-32-25-20-19-21-26-32/h19-21,23-26,28-29,34-35H,6-18,22,27,30-31H2,1-5H3/q+1. The van der Waals surface area contributed by atoms with Crippen molar-refractivity contribution in [2.24, 2.45) is 0 Å². The maximum atomic E-state index is 13.2. The lowest BCUT2D eigenvalue weighted by molar-refractivity contribution is -0.919. The predicted molar refractivity (Wildman–Crippen MR) is 173 cm³/mol. The van der Waals surface area contributed by atoms with Gasteiger partial charge in [-0.2, -0.15) is 0 Å². The first-order valence-corrected chi connectivity index (χ1v) is 16.7. The lowest BCUT2D eigenvalue weighted by Crippen LogP contribution is -2.52. The molecule has 0 N–H and O–H groups in total. The normalized spacial score (nSPS) is 13.1. The number of hydrogen-bond donors (Lipinski definition) is 0. The summed E-state index contributed by atoms with van der Waals surface area (Å²) in [6.45, 7) is 7.51. The van der Waals surface area contributed by atoms with Crippen LogP contribution in [0.5, 0.6) is 5.75 Å². The molecule has 0 aromatic heterocycles. The zero-order valence-electron chi connectivity index (χ0n) is 27.0. The zero-order chi connectivity index (χ0) is 29.8. The minimum Gasteiger partial charge on any atom is -0.487 e. The summed E-state index contributed by atoms with van der Waals surface area (Å²) in [6, 6.07) is 18.5. The Bertz CT molecular complexity index is 942. The van der Waals surface area contributed by atoms with Gasteiger partial charge in [0.15, 0.2) is 6.04 Å². The highest BCUT2D eigenvalue weighted by molar-refractivity contribution is 5.74. The average molecular weight is 567 g/mol. The Kier molecular flexibility index (Phi) is 17.5. The lowest BCUT2D eigenvalue weighted by atomic mass is 10.0. The van der Waals surface area contributed by atoms with Crippen LogP contribution in [0.4, 0.5) is 0 Å². The summed E-state index contributed by atoms with van der Waals surface area (Å²) >= 11 is 0. The van der Waals surface area contributed by atoms with Gasteiger partial charge in [-0.05, 0) is 30.9 Å². The minimum absolute atomic E-state index is 0.139. The number of hydrogen-bond acceptors (Lipinski definition) is 3. The van der Waals surface area contributed by atoms with E-state index in [0.29, 0.717) is 4.48 Å². The van der Waals surface area contributed by atoms with Crippen molar-refractivity contribution in [2.75, 3.05) is 20.7 Å². The Morgan fingerprint density at radius 1 is 0.707 bits per heavy atom. The molecular weight excluding hydrogens is 506 g/mol. The van der Waals surface area contributed by atoms with Crippen LogP contribution in [0.3, 0.4) is 0 Å². The summed E-state index contributed by atoms with van der Waals surface area (Å²) in [4.78, 5) is 13.2. The molecule has 0 amide bonds. The number of aryl methyl sites for hydroxylation is 1. The molecule has 2 aromatic rings. The zero-order valence-corrected chi connectivity index (χ0v) is 27.0.